The monoisotopic (exact) mass is 292 g/mol. The molecule has 1 aromatic carbocycles. The van der Waals surface area contributed by atoms with Crippen LogP contribution in [0.15, 0.2) is 18.2 Å². The molecule has 0 radical (unpaired) electrons. The fourth-order valence-corrected chi connectivity index (χ4v) is 2.36. The lowest BCUT2D eigenvalue weighted by molar-refractivity contribution is 0.507. The first kappa shape index (κ1) is 13.0. The lowest BCUT2D eigenvalue weighted by Gasteiger charge is -2.17. The highest BCUT2D eigenvalue weighted by Crippen LogP contribution is 2.23. The van der Waals surface area contributed by atoms with Gasteiger partial charge in [0, 0.05) is 4.83 Å². The van der Waals surface area contributed by atoms with E-state index in [1.54, 1.807) is 12.1 Å². The maximum atomic E-state index is 12.9. The molecule has 1 aromatic rings. The molecule has 0 aliphatic heterocycles. The molecule has 2 atom stereocenters. The van der Waals surface area contributed by atoms with Gasteiger partial charge in [0.2, 0.25) is 0 Å². The van der Waals surface area contributed by atoms with Gasteiger partial charge in [0.25, 0.3) is 0 Å². The van der Waals surface area contributed by atoms with Crippen LogP contribution in [0, 0.1) is 11.7 Å². The average molecular weight is 294 g/mol. The quantitative estimate of drug-likeness (QED) is 0.697. The Morgan fingerprint density at radius 1 is 1.47 bits per heavy atom. The third kappa shape index (κ3) is 3.76. The van der Waals surface area contributed by atoms with E-state index in [2.05, 4.69) is 29.8 Å². The van der Waals surface area contributed by atoms with Gasteiger partial charge in [-0.3, -0.25) is 0 Å². The van der Waals surface area contributed by atoms with E-state index < -0.39 is 0 Å². The number of hydrogen-bond acceptors (Lipinski definition) is 0. The molecule has 3 heteroatoms. The summed E-state index contributed by atoms with van der Waals surface area (Å²) in [5, 5.41) is 0.213. The van der Waals surface area contributed by atoms with Gasteiger partial charge in [-0.05, 0) is 30.0 Å². The first-order chi connectivity index (χ1) is 7.04. The van der Waals surface area contributed by atoms with Crippen LogP contribution < -0.4 is 0 Å². The van der Waals surface area contributed by atoms with E-state index in [0.717, 1.165) is 18.4 Å². The molecule has 1 rings (SSSR count). The first-order valence-electron chi connectivity index (χ1n) is 5.12. The Hall–Kier alpha value is -0.0800. The second-order valence-electron chi connectivity index (χ2n) is 3.80. The summed E-state index contributed by atoms with van der Waals surface area (Å²) in [6.45, 7) is 4.30. The summed E-state index contributed by atoms with van der Waals surface area (Å²) < 4.78 is 12.9. The van der Waals surface area contributed by atoms with Gasteiger partial charge in [0.1, 0.15) is 5.82 Å². The second-order valence-corrected chi connectivity index (χ2v) is 5.65. The minimum absolute atomic E-state index is 0.213. The zero-order valence-corrected chi connectivity index (χ0v) is 11.3. The average Bonchev–Trinajstić information content (AvgIpc) is 2.19. The summed E-state index contributed by atoms with van der Waals surface area (Å²) in [6.07, 6.45) is 2.03. The van der Waals surface area contributed by atoms with Crippen LogP contribution in [0.5, 0.6) is 0 Å². The Morgan fingerprint density at radius 3 is 2.60 bits per heavy atom. The van der Waals surface area contributed by atoms with Crippen molar-refractivity contribution >= 4 is 27.5 Å². The molecule has 0 spiro atoms. The molecule has 0 aromatic heterocycles. The van der Waals surface area contributed by atoms with E-state index >= 15 is 0 Å². The van der Waals surface area contributed by atoms with E-state index in [1.165, 1.54) is 6.07 Å². The zero-order valence-electron chi connectivity index (χ0n) is 8.93. The van der Waals surface area contributed by atoms with Crippen molar-refractivity contribution in [3.05, 3.63) is 34.6 Å². The molecule has 0 heterocycles. The van der Waals surface area contributed by atoms with E-state index in [-0.39, 0.29) is 10.8 Å². The van der Waals surface area contributed by atoms with Crippen LogP contribution >= 0.6 is 27.5 Å². The molecule has 0 saturated heterocycles. The van der Waals surface area contributed by atoms with E-state index in [0.29, 0.717) is 10.7 Å². The molecule has 0 aliphatic carbocycles. The highest BCUT2D eigenvalue weighted by molar-refractivity contribution is 9.09. The Balaban J connectivity index is 2.75. The Morgan fingerprint density at radius 2 is 2.13 bits per heavy atom. The molecule has 2 unspecified atom stereocenters. The van der Waals surface area contributed by atoms with Crippen LogP contribution in [0.2, 0.25) is 5.02 Å². The molecule has 0 bridgehead atoms. The lowest BCUT2D eigenvalue weighted by Crippen LogP contribution is -2.13. The Bertz CT molecular complexity index is 325. The Kier molecular flexibility index (Phi) is 5.07. The van der Waals surface area contributed by atoms with E-state index in [4.69, 9.17) is 11.6 Å². The highest BCUT2D eigenvalue weighted by atomic mass is 79.9. The zero-order chi connectivity index (χ0) is 11.4. The van der Waals surface area contributed by atoms with E-state index in [9.17, 15) is 4.39 Å². The molecule has 0 fully saturated rings. The predicted molar refractivity (Wildman–Crippen MR) is 67.3 cm³/mol. The molecular weight excluding hydrogens is 278 g/mol. The Labute approximate surface area is 104 Å². The number of hydrogen-bond donors (Lipinski definition) is 0. The number of rotatable bonds is 4. The van der Waals surface area contributed by atoms with Crippen LogP contribution in [-0.2, 0) is 6.42 Å². The standard InChI is InChI=1S/C12H15BrClF/c1-3-10(8(2)13)6-9-4-5-12(15)11(14)7-9/h4-5,7-8,10H,3,6H2,1-2H3. The van der Waals surface area contributed by atoms with Crippen molar-refractivity contribution < 1.29 is 4.39 Å². The summed E-state index contributed by atoms with van der Waals surface area (Å²) in [7, 11) is 0. The summed E-state index contributed by atoms with van der Waals surface area (Å²) in [6, 6.07) is 4.96. The predicted octanol–water partition coefficient (Wildman–Crippen LogP) is 4.83. The summed E-state index contributed by atoms with van der Waals surface area (Å²) in [5.41, 5.74) is 1.10. The molecule has 0 aliphatic rings. The van der Waals surface area contributed by atoms with Gasteiger partial charge in [-0.25, -0.2) is 4.39 Å². The van der Waals surface area contributed by atoms with Crippen molar-refractivity contribution in [2.75, 3.05) is 0 Å². The normalized spacial score (nSPS) is 15.0. The number of alkyl halides is 1. The highest BCUT2D eigenvalue weighted by Gasteiger charge is 2.13. The van der Waals surface area contributed by atoms with Gasteiger partial charge in [-0.15, -0.1) is 0 Å². The second kappa shape index (κ2) is 5.86. The van der Waals surface area contributed by atoms with Crippen LogP contribution in [0.1, 0.15) is 25.8 Å². The van der Waals surface area contributed by atoms with Crippen LogP contribution in [-0.4, -0.2) is 4.83 Å². The molecule has 0 nitrogen and oxygen atoms in total. The SMILES string of the molecule is CCC(Cc1ccc(F)c(Cl)c1)C(C)Br. The van der Waals surface area contributed by atoms with Gasteiger partial charge in [0.15, 0.2) is 0 Å². The topological polar surface area (TPSA) is 0 Å². The van der Waals surface area contributed by atoms with Gasteiger partial charge in [-0.2, -0.15) is 0 Å². The first-order valence-corrected chi connectivity index (χ1v) is 6.42. The number of halogens is 3. The summed E-state index contributed by atoms with van der Waals surface area (Å²) in [5.74, 6) is 0.215. The van der Waals surface area contributed by atoms with Crippen LogP contribution in [0.3, 0.4) is 0 Å². The summed E-state index contributed by atoms with van der Waals surface area (Å²) >= 11 is 9.32. The van der Waals surface area contributed by atoms with Crippen molar-refractivity contribution in [1.82, 2.24) is 0 Å². The fraction of sp³-hybridized carbons (Fsp3) is 0.500. The molecular formula is C12H15BrClF. The van der Waals surface area contributed by atoms with Crippen molar-refractivity contribution in [2.45, 2.75) is 31.5 Å². The molecule has 0 N–H and O–H groups in total. The maximum Gasteiger partial charge on any atom is 0.141 e. The molecule has 84 valence electrons. The third-order valence-electron chi connectivity index (χ3n) is 2.66. The van der Waals surface area contributed by atoms with Gasteiger partial charge >= 0.3 is 0 Å². The van der Waals surface area contributed by atoms with Gasteiger partial charge in [-0.1, -0.05) is 53.9 Å². The fourth-order valence-electron chi connectivity index (χ4n) is 1.60. The van der Waals surface area contributed by atoms with Crippen molar-refractivity contribution in [3.63, 3.8) is 0 Å². The van der Waals surface area contributed by atoms with Gasteiger partial charge in [0.05, 0.1) is 5.02 Å². The smallest absolute Gasteiger partial charge is 0.141 e. The summed E-state index contributed by atoms with van der Waals surface area (Å²) in [4.78, 5) is 0.464. The number of benzene rings is 1. The molecule has 0 saturated carbocycles. The minimum Gasteiger partial charge on any atom is -0.205 e. The third-order valence-corrected chi connectivity index (χ3v) is 3.69. The minimum atomic E-state index is -0.347. The molecule has 15 heavy (non-hydrogen) atoms. The van der Waals surface area contributed by atoms with E-state index in [1.807, 2.05) is 0 Å². The molecule has 0 amide bonds. The van der Waals surface area contributed by atoms with Crippen LogP contribution in [0.25, 0.3) is 0 Å². The lowest BCUT2D eigenvalue weighted by atomic mass is 9.94. The largest absolute Gasteiger partial charge is 0.205 e. The van der Waals surface area contributed by atoms with Crippen molar-refractivity contribution in [3.8, 4) is 0 Å². The maximum absolute atomic E-state index is 12.9. The van der Waals surface area contributed by atoms with Gasteiger partial charge < -0.3 is 0 Å². The van der Waals surface area contributed by atoms with Crippen LogP contribution in [0.4, 0.5) is 4.39 Å². The van der Waals surface area contributed by atoms with Crippen molar-refractivity contribution in [2.24, 2.45) is 5.92 Å². The van der Waals surface area contributed by atoms with Crippen molar-refractivity contribution in [1.29, 1.82) is 0 Å².